The van der Waals surface area contributed by atoms with Gasteiger partial charge in [0.15, 0.2) is 11.1 Å². The summed E-state index contributed by atoms with van der Waals surface area (Å²) >= 11 is 4.04. The number of pyridine rings is 2. The molecule has 0 saturated carbocycles. The Morgan fingerprint density at radius 2 is 1.55 bits per heavy atom. The third-order valence-corrected chi connectivity index (χ3v) is 4.55. The summed E-state index contributed by atoms with van der Waals surface area (Å²) in [7, 11) is 0. The van der Waals surface area contributed by atoms with Gasteiger partial charge in [0.2, 0.25) is 0 Å². The number of halogens is 3. The Morgan fingerprint density at radius 3 is 2.17 bits per heavy atom. The Hall–Kier alpha value is -3.26. The SMILES string of the molecule is O=c1cc(Nc2ccccc2)n(-c2ccccc2)c2nc(S)cc(C(F)(F)F)c12. The predicted octanol–water partition coefficient (Wildman–Crippen LogP) is 5.44. The second-order valence-electron chi connectivity index (χ2n) is 6.28. The van der Waals surface area contributed by atoms with Crippen LogP contribution in [-0.4, -0.2) is 9.55 Å². The molecule has 2 aromatic heterocycles. The third-order valence-electron chi connectivity index (χ3n) is 4.32. The summed E-state index contributed by atoms with van der Waals surface area (Å²) in [5.74, 6) is 0.291. The zero-order valence-corrected chi connectivity index (χ0v) is 15.7. The number of alkyl halides is 3. The Balaban J connectivity index is 2.10. The Kier molecular flexibility index (Phi) is 4.79. The minimum Gasteiger partial charge on any atom is -0.341 e. The Bertz CT molecular complexity index is 1240. The molecule has 0 unspecified atom stereocenters. The number of thiol groups is 1. The van der Waals surface area contributed by atoms with Crippen molar-refractivity contribution in [3.05, 3.63) is 88.6 Å². The van der Waals surface area contributed by atoms with Crippen molar-refractivity contribution < 1.29 is 13.2 Å². The first-order chi connectivity index (χ1) is 13.8. The van der Waals surface area contributed by atoms with Crippen LogP contribution in [0.4, 0.5) is 24.7 Å². The van der Waals surface area contributed by atoms with Gasteiger partial charge in [-0.15, -0.1) is 12.6 Å². The molecular weight excluding hydrogens is 399 g/mol. The molecule has 0 radical (unpaired) electrons. The van der Waals surface area contributed by atoms with Gasteiger partial charge in [-0.05, 0) is 30.3 Å². The minimum atomic E-state index is -4.72. The predicted molar refractivity (Wildman–Crippen MR) is 109 cm³/mol. The normalized spacial score (nSPS) is 11.6. The van der Waals surface area contributed by atoms with Gasteiger partial charge in [0.1, 0.15) is 5.82 Å². The molecule has 0 bridgehead atoms. The molecule has 0 spiro atoms. The number of hydrogen-bond donors (Lipinski definition) is 2. The third kappa shape index (κ3) is 3.71. The fourth-order valence-electron chi connectivity index (χ4n) is 3.12. The number of hydrogen-bond acceptors (Lipinski definition) is 4. The highest BCUT2D eigenvalue weighted by atomic mass is 32.1. The quantitative estimate of drug-likeness (QED) is 0.440. The molecule has 2 heterocycles. The van der Waals surface area contributed by atoms with Crippen LogP contribution in [0.25, 0.3) is 16.7 Å². The lowest BCUT2D eigenvalue weighted by atomic mass is 10.1. The molecule has 2 aromatic carbocycles. The van der Waals surface area contributed by atoms with Crippen molar-refractivity contribution in [1.29, 1.82) is 0 Å². The molecule has 0 aliphatic rings. The molecule has 0 aliphatic heterocycles. The van der Waals surface area contributed by atoms with E-state index in [0.717, 1.165) is 12.1 Å². The number of nitrogens with zero attached hydrogens (tertiary/aromatic N) is 2. The zero-order valence-electron chi connectivity index (χ0n) is 14.8. The lowest BCUT2D eigenvalue weighted by Gasteiger charge is -2.19. The number of para-hydroxylation sites is 2. The Labute approximate surface area is 169 Å². The molecule has 4 rings (SSSR count). The van der Waals surface area contributed by atoms with Crippen molar-refractivity contribution in [2.45, 2.75) is 11.2 Å². The van der Waals surface area contributed by atoms with Crippen molar-refractivity contribution in [2.24, 2.45) is 0 Å². The van der Waals surface area contributed by atoms with E-state index < -0.39 is 22.6 Å². The van der Waals surface area contributed by atoms with Crippen molar-refractivity contribution in [3.63, 3.8) is 0 Å². The first-order valence-electron chi connectivity index (χ1n) is 8.59. The summed E-state index contributed by atoms with van der Waals surface area (Å²) in [5.41, 5.74) is -0.737. The molecule has 0 amide bonds. The highest BCUT2D eigenvalue weighted by Crippen LogP contribution is 2.35. The number of aromatic nitrogens is 2. The van der Waals surface area contributed by atoms with E-state index in [1.165, 1.54) is 4.57 Å². The van der Waals surface area contributed by atoms with E-state index in [1.54, 1.807) is 54.6 Å². The van der Waals surface area contributed by atoms with Crippen LogP contribution in [-0.2, 0) is 6.18 Å². The molecule has 4 nitrogen and oxygen atoms in total. The molecule has 29 heavy (non-hydrogen) atoms. The van der Waals surface area contributed by atoms with E-state index in [1.807, 2.05) is 6.07 Å². The van der Waals surface area contributed by atoms with Gasteiger partial charge in [-0.2, -0.15) is 13.2 Å². The van der Waals surface area contributed by atoms with E-state index in [4.69, 9.17) is 0 Å². The largest absolute Gasteiger partial charge is 0.417 e. The van der Waals surface area contributed by atoms with E-state index in [9.17, 15) is 18.0 Å². The monoisotopic (exact) mass is 413 g/mol. The molecule has 146 valence electrons. The number of nitrogens with one attached hydrogen (secondary N) is 1. The van der Waals surface area contributed by atoms with Gasteiger partial charge in [-0.25, -0.2) is 4.98 Å². The van der Waals surface area contributed by atoms with E-state index >= 15 is 0 Å². The van der Waals surface area contributed by atoms with E-state index in [0.29, 0.717) is 17.2 Å². The molecule has 1 N–H and O–H groups in total. The van der Waals surface area contributed by atoms with Gasteiger partial charge in [0.25, 0.3) is 0 Å². The summed E-state index contributed by atoms with van der Waals surface area (Å²) in [4.78, 5) is 16.9. The van der Waals surface area contributed by atoms with Crippen LogP contribution >= 0.6 is 12.6 Å². The van der Waals surface area contributed by atoms with Gasteiger partial charge in [0, 0.05) is 17.4 Å². The molecule has 4 aromatic rings. The van der Waals surface area contributed by atoms with Crippen LogP contribution in [0.15, 0.2) is 82.6 Å². The molecule has 0 fully saturated rings. The van der Waals surface area contributed by atoms with Crippen LogP contribution in [0.1, 0.15) is 5.56 Å². The molecular formula is C21H14F3N3OS. The average molecular weight is 413 g/mol. The second-order valence-corrected chi connectivity index (χ2v) is 6.74. The molecule has 0 saturated heterocycles. The van der Waals surface area contributed by atoms with Gasteiger partial charge in [-0.3, -0.25) is 9.36 Å². The second kappa shape index (κ2) is 7.29. The maximum Gasteiger partial charge on any atom is 0.417 e. The topological polar surface area (TPSA) is 46.9 Å². The first kappa shape index (κ1) is 19.1. The van der Waals surface area contributed by atoms with Crippen LogP contribution in [0.2, 0.25) is 0 Å². The summed E-state index contributed by atoms with van der Waals surface area (Å²) in [5, 5.41) is 2.46. The van der Waals surface area contributed by atoms with E-state index in [-0.39, 0.29) is 10.7 Å². The highest BCUT2D eigenvalue weighted by Gasteiger charge is 2.35. The number of fused-ring (bicyclic) bond motifs is 1. The summed E-state index contributed by atoms with van der Waals surface area (Å²) < 4.78 is 42.4. The summed E-state index contributed by atoms with van der Waals surface area (Å²) in [6.07, 6.45) is -4.72. The van der Waals surface area contributed by atoms with Crippen LogP contribution in [0, 0.1) is 0 Å². The molecule has 0 aliphatic carbocycles. The van der Waals surface area contributed by atoms with Crippen LogP contribution < -0.4 is 10.7 Å². The zero-order chi connectivity index (χ0) is 20.6. The van der Waals surface area contributed by atoms with Crippen molar-refractivity contribution in [3.8, 4) is 5.69 Å². The first-order valence-corrected chi connectivity index (χ1v) is 9.04. The lowest BCUT2D eigenvalue weighted by molar-refractivity contribution is -0.136. The standard InChI is InChI=1S/C21H14F3N3OS/c22-21(23,24)15-11-18(29)26-20-19(15)16(28)12-17(25-13-7-3-1-4-8-13)27(20)14-9-5-2-6-10-14/h1-12,25H,(H,26,29). The lowest BCUT2D eigenvalue weighted by Crippen LogP contribution is -2.18. The summed E-state index contributed by atoms with van der Waals surface area (Å²) in [6.45, 7) is 0. The molecule has 8 heteroatoms. The Morgan fingerprint density at radius 1 is 0.931 bits per heavy atom. The van der Waals surface area contributed by atoms with Crippen molar-refractivity contribution in [2.75, 3.05) is 5.32 Å². The maximum absolute atomic E-state index is 13.6. The minimum absolute atomic E-state index is 0.123. The number of benzene rings is 2. The average Bonchev–Trinajstić information content (AvgIpc) is 2.68. The fraction of sp³-hybridized carbons (Fsp3) is 0.0476. The van der Waals surface area contributed by atoms with Gasteiger partial charge in [0.05, 0.1) is 16.0 Å². The van der Waals surface area contributed by atoms with Crippen molar-refractivity contribution >= 4 is 35.2 Å². The van der Waals surface area contributed by atoms with E-state index in [2.05, 4.69) is 22.9 Å². The van der Waals surface area contributed by atoms with Gasteiger partial charge in [-0.1, -0.05) is 36.4 Å². The van der Waals surface area contributed by atoms with Crippen LogP contribution in [0.5, 0.6) is 0 Å². The van der Waals surface area contributed by atoms with Gasteiger partial charge < -0.3 is 5.32 Å². The fourth-order valence-corrected chi connectivity index (χ4v) is 3.35. The molecule has 0 atom stereocenters. The maximum atomic E-state index is 13.6. The number of anilines is 2. The van der Waals surface area contributed by atoms with Gasteiger partial charge >= 0.3 is 6.18 Å². The highest BCUT2D eigenvalue weighted by molar-refractivity contribution is 7.80. The summed E-state index contributed by atoms with van der Waals surface area (Å²) in [6, 6.07) is 19.7. The number of rotatable bonds is 3. The smallest absolute Gasteiger partial charge is 0.341 e. The van der Waals surface area contributed by atoms with Crippen LogP contribution in [0.3, 0.4) is 0 Å². The van der Waals surface area contributed by atoms with Crippen molar-refractivity contribution in [1.82, 2.24) is 9.55 Å².